The maximum absolute atomic E-state index is 12.0. The van der Waals surface area contributed by atoms with Gasteiger partial charge in [0.15, 0.2) is 0 Å². The molecule has 108 valence electrons. The van der Waals surface area contributed by atoms with Crippen LogP contribution in [0, 0.1) is 0 Å². The van der Waals surface area contributed by atoms with Crippen molar-refractivity contribution in [2.75, 3.05) is 36.4 Å². The van der Waals surface area contributed by atoms with Gasteiger partial charge in [-0.25, -0.2) is 4.79 Å². The quantitative estimate of drug-likeness (QED) is 0.897. The molecule has 4 heteroatoms. The highest BCUT2D eigenvalue weighted by atomic mass is 16.2. The standard InChI is InChI=1S/C16H23N3O/c20-16(19-12-4-5-13-19)17-14-6-8-15(9-7-14)18-10-2-1-3-11-18/h6-9H,1-5,10-13H2,(H,17,20). The van der Waals surface area contributed by atoms with Gasteiger partial charge < -0.3 is 15.1 Å². The van der Waals surface area contributed by atoms with Crippen LogP contribution in [0.3, 0.4) is 0 Å². The Morgan fingerprint density at radius 3 is 2.10 bits per heavy atom. The average molecular weight is 273 g/mol. The molecule has 2 amide bonds. The number of carbonyl (C=O) groups excluding carboxylic acids is 1. The smallest absolute Gasteiger partial charge is 0.321 e. The Bertz CT molecular complexity index is 445. The summed E-state index contributed by atoms with van der Waals surface area (Å²) in [4.78, 5) is 16.3. The zero-order chi connectivity index (χ0) is 13.8. The van der Waals surface area contributed by atoms with Gasteiger partial charge in [-0.05, 0) is 56.4 Å². The van der Waals surface area contributed by atoms with Crippen molar-refractivity contribution < 1.29 is 4.79 Å². The summed E-state index contributed by atoms with van der Waals surface area (Å²) >= 11 is 0. The first-order valence-electron chi connectivity index (χ1n) is 7.74. The van der Waals surface area contributed by atoms with Gasteiger partial charge in [0, 0.05) is 37.6 Å². The molecular weight excluding hydrogens is 250 g/mol. The number of urea groups is 1. The van der Waals surface area contributed by atoms with Crippen molar-refractivity contribution in [3.8, 4) is 0 Å². The predicted octanol–water partition coefficient (Wildman–Crippen LogP) is 3.30. The molecule has 0 aromatic heterocycles. The van der Waals surface area contributed by atoms with Crippen LogP contribution in [0.2, 0.25) is 0 Å². The van der Waals surface area contributed by atoms with Crippen molar-refractivity contribution in [2.24, 2.45) is 0 Å². The largest absolute Gasteiger partial charge is 0.372 e. The van der Waals surface area contributed by atoms with Gasteiger partial charge in [-0.15, -0.1) is 0 Å². The van der Waals surface area contributed by atoms with Gasteiger partial charge >= 0.3 is 6.03 Å². The highest BCUT2D eigenvalue weighted by Crippen LogP contribution is 2.22. The molecule has 4 nitrogen and oxygen atoms in total. The summed E-state index contributed by atoms with van der Waals surface area (Å²) in [5.41, 5.74) is 2.16. The molecular formula is C16H23N3O. The zero-order valence-electron chi connectivity index (χ0n) is 12.0. The Morgan fingerprint density at radius 2 is 1.45 bits per heavy atom. The van der Waals surface area contributed by atoms with E-state index in [9.17, 15) is 4.79 Å². The molecule has 1 aromatic carbocycles. The third-order valence-electron chi connectivity index (χ3n) is 4.23. The van der Waals surface area contributed by atoms with Gasteiger partial charge in [0.25, 0.3) is 0 Å². The number of anilines is 2. The van der Waals surface area contributed by atoms with E-state index in [0.29, 0.717) is 0 Å². The number of hydrogen-bond acceptors (Lipinski definition) is 2. The Kier molecular flexibility index (Phi) is 4.09. The van der Waals surface area contributed by atoms with E-state index in [1.807, 2.05) is 17.0 Å². The van der Waals surface area contributed by atoms with Gasteiger partial charge in [-0.1, -0.05) is 0 Å². The second-order valence-electron chi connectivity index (χ2n) is 5.72. The Balaban J connectivity index is 1.59. The first kappa shape index (κ1) is 13.3. The van der Waals surface area contributed by atoms with Crippen LogP contribution >= 0.6 is 0 Å². The third kappa shape index (κ3) is 3.06. The summed E-state index contributed by atoms with van der Waals surface area (Å²) in [6.07, 6.45) is 6.17. The maximum Gasteiger partial charge on any atom is 0.321 e. The summed E-state index contributed by atoms with van der Waals surface area (Å²) in [7, 11) is 0. The molecule has 2 heterocycles. The van der Waals surface area contributed by atoms with Crippen molar-refractivity contribution in [3.05, 3.63) is 24.3 Å². The maximum atomic E-state index is 12.0. The number of amides is 2. The summed E-state index contributed by atoms with van der Waals surface area (Å²) in [6, 6.07) is 8.29. The van der Waals surface area contributed by atoms with E-state index in [1.165, 1.54) is 24.9 Å². The number of nitrogens with one attached hydrogen (secondary N) is 1. The second kappa shape index (κ2) is 6.16. The van der Waals surface area contributed by atoms with E-state index in [0.717, 1.165) is 44.7 Å². The minimum Gasteiger partial charge on any atom is -0.372 e. The SMILES string of the molecule is O=C(Nc1ccc(N2CCCCC2)cc1)N1CCCC1. The highest BCUT2D eigenvalue weighted by Gasteiger charge is 2.17. The monoisotopic (exact) mass is 273 g/mol. The van der Waals surface area contributed by atoms with Crippen LogP contribution in [0.4, 0.5) is 16.2 Å². The van der Waals surface area contributed by atoms with E-state index >= 15 is 0 Å². The molecule has 1 aromatic rings. The topological polar surface area (TPSA) is 35.6 Å². The first-order valence-corrected chi connectivity index (χ1v) is 7.74. The lowest BCUT2D eigenvalue weighted by Gasteiger charge is -2.29. The first-order chi connectivity index (χ1) is 9.83. The molecule has 1 N–H and O–H groups in total. The zero-order valence-corrected chi connectivity index (χ0v) is 12.0. The summed E-state index contributed by atoms with van der Waals surface area (Å²) in [5, 5.41) is 2.98. The molecule has 0 unspecified atom stereocenters. The molecule has 3 rings (SSSR count). The number of benzene rings is 1. The van der Waals surface area contributed by atoms with Crippen LogP contribution in [0.15, 0.2) is 24.3 Å². The number of rotatable bonds is 2. The number of likely N-dealkylation sites (tertiary alicyclic amines) is 1. The Hall–Kier alpha value is -1.71. The molecule has 2 fully saturated rings. The third-order valence-corrected chi connectivity index (χ3v) is 4.23. The molecule has 0 radical (unpaired) electrons. The summed E-state index contributed by atoms with van der Waals surface area (Å²) in [6.45, 7) is 4.08. The van der Waals surface area contributed by atoms with Crippen LogP contribution in [0.25, 0.3) is 0 Å². The van der Waals surface area contributed by atoms with Gasteiger partial charge in [0.2, 0.25) is 0 Å². The second-order valence-corrected chi connectivity index (χ2v) is 5.72. The van der Waals surface area contributed by atoms with E-state index in [-0.39, 0.29) is 6.03 Å². The molecule has 2 aliphatic rings. The highest BCUT2D eigenvalue weighted by molar-refractivity contribution is 5.89. The van der Waals surface area contributed by atoms with E-state index in [1.54, 1.807) is 0 Å². The van der Waals surface area contributed by atoms with Gasteiger partial charge in [0.05, 0.1) is 0 Å². The molecule has 20 heavy (non-hydrogen) atoms. The van der Waals surface area contributed by atoms with Crippen molar-refractivity contribution in [1.82, 2.24) is 4.90 Å². The lowest BCUT2D eigenvalue weighted by atomic mass is 10.1. The number of piperidine rings is 1. The molecule has 2 saturated heterocycles. The van der Waals surface area contributed by atoms with Crippen LogP contribution in [-0.2, 0) is 0 Å². The summed E-state index contributed by atoms with van der Waals surface area (Å²) in [5.74, 6) is 0. The van der Waals surface area contributed by atoms with Gasteiger partial charge in [0.1, 0.15) is 0 Å². The predicted molar refractivity (Wildman–Crippen MR) is 82.3 cm³/mol. The average Bonchev–Trinajstić information content (AvgIpc) is 3.03. The van der Waals surface area contributed by atoms with Gasteiger partial charge in [-0.2, -0.15) is 0 Å². The van der Waals surface area contributed by atoms with E-state index in [4.69, 9.17) is 0 Å². The molecule has 0 atom stereocenters. The molecule has 0 aliphatic carbocycles. The fourth-order valence-corrected chi connectivity index (χ4v) is 3.03. The number of hydrogen-bond donors (Lipinski definition) is 1. The van der Waals surface area contributed by atoms with Crippen LogP contribution < -0.4 is 10.2 Å². The van der Waals surface area contributed by atoms with Crippen molar-refractivity contribution in [3.63, 3.8) is 0 Å². The van der Waals surface area contributed by atoms with E-state index < -0.39 is 0 Å². The fraction of sp³-hybridized carbons (Fsp3) is 0.562. The number of nitrogens with zero attached hydrogens (tertiary/aromatic N) is 2. The van der Waals surface area contributed by atoms with E-state index in [2.05, 4.69) is 22.3 Å². The fourth-order valence-electron chi connectivity index (χ4n) is 3.03. The van der Waals surface area contributed by atoms with Crippen molar-refractivity contribution in [1.29, 1.82) is 0 Å². The molecule has 2 aliphatic heterocycles. The molecule has 0 saturated carbocycles. The number of carbonyl (C=O) groups is 1. The summed E-state index contributed by atoms with van der Waals surface area (Å²) < 4.78 is 0. The molecule has 0 spiro atoms. The normalized spacial score (nSPS) is 19.2. The lowest BCUT2D eigenvalue weighted by Crippen LogP contribution is -2.32. The lowest BCUT2D eigenvalue weighted by molar-refractivity contribution is 0.222. The Labute approximate surface area is 120 Å². The van der Waals surface area contributed by atoms with Crippen LogP contribution in [0.5, 0.6) is 0 Å². The minimum absolute atomic E-state index is 0.0354. The van der Waals surface area contributed by atoms with Crippen molar-refractivity contribution >= 4 is 17.4 Å². The van der Waals surface area contributed by atoms with Crippen LogP contribution in [-0.4, -0.2) is 37.1 Å². The van der Waals surface area contributed by atoms with Crippen molar-refractivity contribution in [2.45, 2.75) is 32.1 Å². The van der Waals surface area contributed by atoms with Gasteiger partial charge in [-0.3, -0.25) is 0 Å². The Morgan fingerprint density at radius 1 is 0.850 bits per heavy atom. The van der Waals surface area contributed by atoms with Crippen LogP contribution in [0.1, 0.15) is 32.1 Å². The minimum atomic E-state index is 0.0354. The molecule has 0 bridgehead atoms.